The molecule has 3 amide bonds. The summed E-state index contributed by atoms with van der Waals surface area (Å²) >= 11 is 5.58. The van der Waals surface area contributed by atoms with Gasteiger partial charge in [-0.15, -0.1) is 0 Å². The highest BCUT2D eigenvalue weighted by atomic mass is 35.5. The van der Waals surface area contributed by atoms with Crippen molar-refractivity contribution in [2.75, 3.05) is 36.5 Å². The number of carbonyl (C=O) groups is 2. The number of aliphatic hydroxyl groups is 2. The monoisotopic (exact) mass is 522 g/mol. The minimum Gasteiger partial charge on any atom is -0.394 e. The molecule has 0 aliphatic carbocycles. The van der Waals surface area contributed by atoms with Crippen LogP contribution in [0, 0.1) is 18.6 Å². The molecule has 1 aliphatic heterocycles. The molecule has 2 heterocycles. The molecule has 3 rings (SSSR count). The van der Waals surface area contributed by atoms with Gasteiger partial charge in [0.25, 0.3) is 5.91 Å². The lowest BCUT2D eigenvalue weighted by Gasteiger charge is -2.27. The SMILES string of the molecule is Cc1cc(C(F)(F)F)cc(N2C(=O)N(CC(O)CO)CC2C(=O)N(C)c2ccc(F)c(Cl)c2F)n1. The van der Waals surface area contributed by atoms with Crippen molar-refractivity contribution in [1.82, 2.24) is 9.88 Å². The number of nitrogens with zero attached hydrogens (tertiary/aromatic N) is 4. The summed E-state index contributed by atoms with van der Waals surface area (Å²) in [7, 11) is 1.12. The zero-order valence-electron chi connectivity index (χ0n) is 18.4. The van der Waals surface area contributed by atoms with Gasteiger partial charge >= 0.3 is 12.2 Å². The van der Waals surface area contributed by atoms with E-state index in [0.717, 1.165) is 35.0 Å². The number of aliphatic hydroxyl groups excluding tert-OH is 2. The molecule has 0 bridgehead atoms. The van der Waals surface area contributed by atoms with E-state index >= 15 is 0 Å². The zero-order valence-corrected chi connectivity index (χ0v) is 19.1. The topological polar surface area (TPSA) is 97.2 Å². The third-order valence-corrected chi connectivity index (χ3v) is 5.68. The second-order valence-corrected chi connectivity index (χ2v) is 8.23. The van der Waals surface area contributed by atoms with Gasteiger partial charge in [-0.05, 0) is 31.2 Å². The normalized spacial score (nSPS) is 17.2. The maximum atomic E-state index is 14.5. The molecule has 0 radical (unpaired) electrons. The molecule has 1 saturated heterocycles. The number of likely N-dealkylation sites (N-methyl/N-ethyl adjacent to an activating group) is 1. The molecule has 1 aromatic heterocycles. The van der Waals surface area contributed by atoms with Crippen LogP contribution in [0.2, 0.25) is 5.02 Å². The minimum atomic E-state index is -4.78. The number of amides is 3. The Morgan fingerprint density at radius 2 is 1.97 bits per heavy atom. The van der Waals surface area contributed by atoms with E-state index in [1.807, 2.05) is 0 Å². The van der Waals surface area contributed by atoms with Gasteiger partial charge in [0, 0.05) is 12.7 Å². The van der Waals surface area contributed by atoms with Gasteiger partial charge in [0.2, 0.25) is 0 Å². The van der Waals surface area contributed by atoms with E-state index in [0.29, 0.717) is 11.0 Å². The Morgan fingerprint density at radius 1 is 1.31 bits per heavy atom. The van der Waals surface area contributed by atoms with Crippen molar-refractivity contribution < 1.29 is 41.8 Å². The number of anilines is 2. The van der Waals surface area contributed by atoms with Gasteiger partial charge in [-0.1, -0.05) is 11.6 Å². The third kappa shape index (κ3) is 5.31. The Bertz CT molecular complexity index is 1150. The lowest BCUT2D eigenvalue weighted by Crippen LogP contribution is -2.47. The number of alkyl halides is 3. The molecule has 1 aliphatic rings. The summed E-state index contributed by atoms with van der Waals surface area (Å²) in [5.41, 5.74) is -1.64. The van der Waals surface area contributed by atoms with E-state index < -0.39 is 83.7 Å². The molecule has 0 saturated carbocycles. The van der Waals surface area contributed by atoms with Crippen LogP contribution in [-0.4, -0.2) is 70.9 Å². The van der Waals surface area contributed by atoms with Crippen LogP contribution in [0.25, 0.3) is 0 Å². The van der Waals surface area contributed by atoms with Crippen LogP contribution in [0.1, 0.15) is 11.3 Å². The molecule has 2 unspecified atom stereocenters. The summed E-state index contributed by atoms with van der Waals surface area (Å²) in [5.74, 6) is -3.76. The molecule has 2 atom stereocenters. The maximum absolute atomic E-state index is 14.5. The average Bonchev–Trinajstić information content (AvgIpc) is 3.11. The van der Waals surface area contributed by atoms with Gasteiger partial charge in [0.05, 0.1) is 37.1 Å². The van der Waals surface area contributed by atoms with Crippen LogP contribution >= 0.6 is 11.6 Å². The number of β-amino-alcohol motifs (C(OH)–C–C–N with tert-alkyl or cyclic N) is 1. The smallest absolute Gasteiger partial charge is 0.394 e. The van der Waals surface area contributed by atoms with Crippen molar-refractivity contribution in [3.63, 3.8) is 0 Å². The van der Waals surface area contributed by atoms with Crippen molar-refractivity contribution >= 4 is 35.0 Å². The van der Waals surface area contributed by atoms with Crippen LogP contribution in [0.15, 0.2) is 24.3 Å². The van der Waals surface area contributed by atoms with Gasteiger partial charge < -0.3 is 20.0 Å². The van der Waals surface area contributed by atoms with Crippen molar-refractivity contribution in [1.29, 1.82) is 0 Å². The fourth-order valence-corrected chi connectivity index (χ4v) is 3.78. The molecule has 190 valence electrons. The quantitative estimate of drug-likeness (QED) is 0.449. The molecular weight excluding hydrogens is 503 g/mol. The second-order valence-electron chi connectivity index (χ2n) is 7.85. The predicted molar refractivity (Wildman–Crippen MR) is 115 cm³/mol. The maximum Gasteiger partial charge on any atom is 0.416 e. The standard InChI is InChI=1S/C21H20ClF5N4O4/c1-10-5-11(21(25,26)27)6-16(28-10)31-15(8-30(20(31)35)7-12(33)9-32)19(34)29(2)14-4-3-13(23)17(22)18(14)24/h3-6,12,15,32-33H,7-9H2,1-2H3. The van der Waals surface area contributed by atoms with Gasteiger partial charge in [0.1, 0.15) is 22.7 Å². The van der Waals surface area contributed by atoms with Crippen molar-refractivity contribution in [2.24, 2.45) is 0 Å². The largest absolute Gasteiger partial charge is 0.416 e. The number of pyridine rings is 1. The first-order valence-electron chi connectivity index (χ1n) is 10.1. The zero-order chi connectivity index (χ0) is 26.2. The summed E-state index contributed by atoms with van der Waals surface area (Å²) in [4.78, 5) is 32.8. The van der Waals surface area contributed by atoms with E-state index in [9.17, 15) is 36.6 Å². The first-order valence-corrected chi connectivity index (χ1v) is 10.5. The Labute approximate surface area is 201 Å². The average molecular weight is 523 g/mol. The van der Waals surface area contributed by atoms with Crippen molar-refractivity contribution in [3.8, 4) is 0 Å². The van der Waals surface area contributed by atoms with E-state index in [-0.39, 0.29) is 5.69 Å². The van der Waals surface area contributed by atoms with Gasteiger partial charge in [-0.2, -0.15) is 13.2 Å². The first-order chi connectivity index (χ1) is 16.3. The third-order valence-electron chi connectivity index (χ3n) is 5.33. The van der Waals surface area contributed by atoms with E-state index in [4.69, 9.17) is 16.7 Å². The lowest BCUT2D eigenvalue weighted by molar-refractivity contribution is -0.137. The summed E-state index contributed by atoms with van der Waals surface area (Å²) in [6.45, 7) is -0.311. The van der Waals surface area contributed by atoms with E-state index in [1.54, 1.807) is 0 Å². The summed E-state index contributed by atoms with van der Waals surface area (Å²) < 4.78 is 68.2. The Hall–Kier alpha value is -3.03. The number of hydrogen-bond acceptors (Lipinski definition) is 5. The van der Waals surface area contributed by atoms with Crippen LogP contribution in [-0.2, 0) is 11.0 Å². The van der Waals surface area contributed by atoms with Gasteiger partial charge in [-0.3, -0.25) is 9.69 Å². The summed E-state index contributed by atoms with van der Waals surface area (Å²) in [6.07, 6.45) is -6.17. The van der Waals surface area contributed by atoms with E-state index in [1.165, 1.54) is 6.92 Å². The number of hydrogen-bond donors (Lipinski definition) is 2. The molecule has 0 spiro atoms. The summed E-state index contributed by atoms with van der Waals surface area (Å²) in [5, 5.41) is 18.0. The number of halogens is 6. The van der Waals surface area contributed by atoms with Crippen LogP contribution in [0.3, 0.4) is 0 Å². The second kappa shape index (κ2) is 9.91. The Kier molecular flexibility index (Phi) is 7.53. The molecule has 1 fully saturated rings. The number of benzene rings is 1. The Balaban J connectivity index is 2.06. The molecule has 35 heavy (non-hydrogen) atoms. The lowest BCUT2D eigenvalue weighted by atomic mass is 10.1. The Morgan fingerprint density at radius 3 is 2.57 bits per heavy atom. The molecule has 2 aromatic rings. The molecular formula is C21H20ClF5N4O4. The van der Waals surface area contributed by atoms with Gasteiger partial charge in [-0.25, -0.2) is 18.6 Å². The van der Waals surface area contributed by atoms with Crippen LogP contribution in [0.4, 0.5) is 38.3 Å². The number of aryl methyl sites for hydroxylation is 1. The van der Waals surface area contributed by atoms with Crippen molar-refractivity contribution in [2.45, 2.75) is 25.2 Å². The van der Waals surface area contributed by atoms with E-state index in [2.05, 4.69) is 4.98 Å². The first kappa shape index (κ1) is 26.6. The molecule has 2 N–H and O–H groups in total. The molecule has 1 aromatic carbocycles. The number of rotatable bonds is 6. The van der Waals surface area contributed by atoms with Gasteiger partial charge in [0.15, 0.2) is 5.82 Å². The highest BCUT2D eigenvalue weighted by Gasteiger charge is 2.46. The van der Waals surface area contributed by atoms with Crippen LogP contribution < -0.4 is 9.80 Å². The minimum absolute atomic E-state index is 0.0904. The fraction of sp³-hybridized carbons (Fsp3) is 0.381. The number of carbonyl (C=O) groups excluding carboxylic acids is 2. The van der Waals surface area contributed by atoms with Crippen LogP contribution in [0.5, 0.6) is 0 Å². The van der Waals surface area contributed by atoms with Crippen molar-refractivity contribution in [3.05, 3.63) is 52.2 Å². The highest BCUT2D eigenvalue weighted by molar-refractivity contribution is 6.31. The molecule has 8 nitrogen and oxygen atoms in total. The summed E-state index contributed by atoms with van der Waals surface area (Å²) in [6, 6.07) is 0.645. The fourth-order valence-electron chi connectivity index (χ4n) is 3.62. The highest BCUT2D eigenvalue weighted by Crippen LogP contribution is 2.34. The number of urea groups is 1. The number of aromatic nitrogens is 1. The molecule has 14 heteroatoms. The predicted octanol–water partition coefficient (Wildman–Crippen LogP) is 2.97.